The van der Waals surface area contributed by atoms with E-state index in [0.717, 1.165) is 25.9 Å². The molecule has 6 nitrogen and oxygen atoms in total. The summed E-state index contributed by atoms with van der Waals surface area (Å²) in [5, 5.41) is 7.21. The number of amides is 2. The Balaban J connectivity index is 2.47. The molecular formula is C11H22N4O2. The third-order valence-corrected chi connectivity index (χ3v) is 2.86. The van der Waals surface area contributed by atoms with Crippen molar-refractivity contribution in [3.05, 3.63) is 0 Å². The molecule has 1 aliphatic heterocycles. The molecule has 1 aliphatic rings. The van der Waals surface area contributed by atoms with E-state index in [9.17, 15) is 4.79 Å². The highest BCUT2D eigenvalue weighted by atomic mass is 16.5. The summed E-state index contributed by atoms with van der Waals surface area (Å²) in [5.41, 5.74) is 5.32. The first-order valence-corrected chi connectivity index (χ1v) is 6.01. The Morgan fingerprint density at radius 1 is 1.41 bits per heavy atom. The minimum absolute atomic E-state index is 0.0424. The van der Waals surface area contributed by atoms with Crippen LogP contribution >= 0.6 is 0 Å². The van der Waals surface area contributed by atoms with E-state index in [-0.39, 0.29) is 11.9 Å². The van der Waals surface area contributed by atoms with E-state index in [2.05, 4.69) is 0 Å². The van der Waals surface area contributed by atoms with Crippen molar-refractivity contribution in [2.75, 3.05) is 39.9 Å². The van der Waals surface area contributed by atoms with Crippen LogP contribution in [0.15, 0.2) is 0 Å². The van der Waals surface area contributed by atoms with Gasteiger partial charge in [0.1, 0.15) is 0 Å². The Hall–Kier alpha value is -1.30. The van der Waals surface area contributed by atoms with Gasteiger partial charge in [-0.1, -0.05) is 0 Å². The Labute approximate surface area is 102 Å². The van der Waals surface area contributed by atoms with Gasteiger partial charge in [0.05, 0.1) is 12.4 Å². The van der Waals surface area contributed by atoms with Gasteiger partial charge in [0.15, 0.2) is 0 Å². The maximum atomic E-state index is 12.1. The molecular weight excluding hydrogens is 220 g/mol. The molecule has 0 aliphatic carbocycles. The average molecular weight is 242 g/mol. The Morgan fingerprint density at radius 2 is 2.06 bits per heavy atom. The first kappa shape index (κ1) is 13.8. The van der Waals surface area contributed by atoms with Crippen LogP contribution in [0.3, 0.4) is 0 Å². The summed E-state index contributed by atoms with van der Waals surface area (Å²) in [6.07, 6.45) is 2.58. The van der Waals surface area contributed by atoms with Crippen molar-refractivity contribution in [2.45, 2.75) is 19.3 Å². The van der Waals surface area contributed by atoms with E-state index in [1.807, 2.05) is 4.90 Å². The van der Waals surface area contributed by atoms with E-state index in [0.29, 0.717) is 26.1 Å². The maximum absolute atomic E-state index is 12.1. The van der Waals surface area contributed by atoms with Crippen LogP contribution in [0.5, 0.6) is 0 Å². The van der Waals surface area contributed by atoms with Crippen molar-refractivity contribution in [2.24, 2.45) is 5.73 Å². The van der Waals surface area contributed by atoms with Gasteiger partial charge in [-0.15, -0.1) is 0 Å². The molecule has 2 amide bonds. The van der Waals surface area contributed by atoms with Crippen molar-refractivity contribution in [3.63, 3.8) is 0 Å². The molecule has 3 N–H and O–H groups in total. The van der Waals surface area contributed by atoms with Crippen LogP contribution in [-0.4, -0.2) is 61.6 Å². The lowest BCUT2D eigenvalue weighted by Crippen LogP contribution is -2.44. The normalized spacial score (nSPS) is 15.0. The fourth-order valence-corrected chi connectivity index (χ4v) is 1.87. The summed E-state index contributed by atoms with van der Waals surface area (Å²) in [7, 11) is 1.61. The van der Waals surface area contributed by atoms with Gasteiger partial charge in [-0.3, -0.25) is 5.41 Å². The number of hydrogen-bond acceptors (Lipinski definition) is 3. The van der Waals surface area contributed by atoms with Gasteiger partial charge in [-0.25, -0.2) is 4.79 Å². The molecule has 1 saturated heterocycles. The molecule has 0 aromatic rings. The molecule has 0 atom stereocenters. The number of urea groups is 1. The van der Waals surface area contributed by atoms with Gasteiger partial charge in [-0.05, 0) is 12.8 Å². The molecule has 0 saturated carbocycles. The summed E-state index contributed by atoms with van der Waals surface area (Å²) in [6.45, 7) is 3.23. The Bertz CT molecular complexity index is 264. The fourth-order valence-electron chi connectivity index (χ4n) is 1.87. The van der Waals surface area contributed by atoms with Crippen molar-refractivity contribution >= 4 is 11.9 Å². The topological polar surface area (TPSA) is 82.6 Å². The number of methoxy groups -OCH3 is 1. The van der Waals surface area contributed by atoms with E-state index in [1.54, 1.807) is 12.0 Å². The van der Waals surface area contributed by atoms with Gasteiger partial charge in [0.2, 0.25) is 0 Å². The van der Waals surface area contributed by atoms with E-state index in [1.165, 1.54) is 0 Å². The number of nitrogens with zero attached hydrogens (tertiary/aromatic N) is 2. The number of nitrogens with one attached hydrogen (secondary N) is 1. The zero-order chi connectivity index (χ0) is 12.7. The molecule has 6 heteroatoms. The SMILES string of the molecule is COCCN(CCC(=N)N)C(=O)N1CCCC1. The second-order valence-corrected chi connectivity index (χ2v) is 4.23. The molecule has 0 aromatic heterocycles. The predicted octanol–water partition coefficient (Wildman–Crippen LogP) is 0.477. The first-order valence-electron chi connectivity index (χ1n) is 6.01. The van der Waals surface area contributed by atoms with E-state index < -0.39 is 0 Å². The molecule has 17 heavy (non-hydrogen) atoms. The van der Waals surface area contributed by atoms with Crippen LogP contribution in [0.1, 0.15) is 19.3 Å². The van der Waals surface area contributed by atoms with Crippen LogP contribution in [0.4, 0.5) is 4.79 Å². The summed E-state index contributed by atoms with van der Waals surface area (Å²) in [6, 6.07) is 0.0424. The quantitative estimate of drug-likeness (QED) is 0.525. The third-order valence-electron chi connectivity index (χ3n) is 2.86. The monoisotopic (exact) mass is 242 g/mol. The van der Waals surface area contributed by atoms with Crippen LogP contribution in [0, 0.1) is 5.41 Å². The summed E-state index contributed by atoms with van der Waals surface area (Å²) in [5.74, 6) is 0.113. The van der Waals surface area contributed by atoms with Crippen LogP contribution in [0.2, 0.25) is 0 Å². The largest absolute Gasteiger partial charge is 0.388 e. The number of likely N-dealkylation sites (tertiary alicyclic amines) is 1. The molecule has 0 aromatic carbocycles. The predicted molar refractivity (Wildman–Crippen MR) is 66.2 cm³/mol. The summed E-state index contributed by atoms with van der Waals surface area (Å²) >= 11 is 0. The highest BCUT2D eigenvalue weighted by molar-refractivity contribution is 5.79. The van der Waals surface area contributed by atoms with E-state index in [4.69, 9.17) is 15.9 Å². The van der Waals surface area contributed by atoms with Crippen LogP contribution in [-0.2, 0) is 4.74 Å². The highest BCUT2D eigenvalue weighted by Crippen LogP contribution is 2.10. The lowest BCUT2D eigenvalue weighted by molar-refractivity contribution is 0.132. The van der Waals surface area contributed by atoms with Gasteiger partial charge in [0, 0.05) is 39.7 Å². The Morgan fingerprint density at radius 3 is 2.59 bits per heavy atom. The lowest BCUT2D eigenvalue weighted by Gasteiger charge is -2.27. The number of carbonyl (C=O) groups excluding carboxylic acids is 1. The van der Waals surface area contributed by atoms with Crippen LogP contribution < -0.4 is 5.73 Å². The van der Waals surface area contributed by atoms with Crippen molar-refractivity contribution in [1.82, 2.24) is 9.80 Å². The van der Waals surface area contributed by atoms with E-state index >= 15 is 0 Å². The van der Waals surface area contributed by atoms with Crippen LogP contribution in [0.25, 0.3) is 0 Å². The molecule has 1 fully saturated rings. The molecule has 0 spiro atoms. The second-order valence-electron chi connectivity index (χ2n) is 4.23. The Kier molecular flexibility index (Phi) is 5.76. The molecule has 0 bridgehead atoms. The van der Waals surface area contributed by atoms with Gasteiger partial charge in [-0.2, -0.15) is 0 Å². The average Bonchev–Trinajstić information content (AvgIpc) is 2.81. The fraction of sp³-hybridized carbons (Fsp3) is 0.818. The molecule has 1 rings (SSSR count). The number of rotatable bonds is 6. The lowest BCUT2D eigenvalue weighted by atomic mass is 10.3. The van der Waals surface area contributed by atoms with Gasteiger partial charge < -0.3 is 20.3 Å². The number of ether oxygens (including phenoxy) is 1. The van der Waals surface area contributed by atoms with Crippen molar-refractivity contribution in [1.29, 1.82) is 5.41 Å². The minimum atomic E-state index is 0.0424. The summed E-state index contributed by atoms with van der Waals surface area (Å²) in [4.78, 5) is 15.7. The summed E-state index contributed by atoms with van der Waals surface area (Å²) < 4.78 is 4.99. The standard InChI is InChI=1S/C11H22N4O2/c1-17-9-8-15(7-4-10(12)13)11(16)14-5-2-3-6-14/h2-9H2,1H3,(H3,12,13). The molecule has 0 unspecified atom stereocenters. The molecule has 0 radical (unpaired) electrons. The van der Waals surface area contributed by atoms with Gasteiger partial charge >= 0.3 is 6.03 Å². The first-order chi connectivity index (χ1) is 8.15. The van der Waals surface area contributed by atoms with Crippen molar-refractivity contribution < 1.29 is 9.53 Å². The number of nitrogens with two attached hydrogens (primary N) is 1. The maximum Gasteiger partial charge on any atom is 0.320 e. The van der Waals surface area contributed by atoms with Crippen molar-refractivity contribution in [3.8, 4) is 0 Å². The number of carbonyl (C=O) groups is 1. The second kappa shape index (κ2) is 7.11. The minimum Gasteiger partial charge on any atom is -0.388 e. The van der Waals surface area contributed by atoms with Gasteiger partial charge in [0.25, 0.3) is 0 Å². The highest BCUT2D eigenvalue weighted by Gasteiger charge is 2.23. The zero-order valence-electron chi connectivity index (χ0n) is 10.4. The third kappa shape index (κ3) is 4.60. The molecule has 98 valence electrons. The molecule has 1 heterocycles. The number of hydrogen-bond donors (Lipinski definition) is 2. The smallest absolute Gasteiger partial charge is 0.320 e. The number of amidine groups is 1. The zero-order valence-corrected chi connectivity index (χ0v) is 10.4.